The number of hydrogen-bond donors (Lipinski definition) is 4. The molecule has 0 amide bonds. The molecule has 9 heteroatoms. The van der Waals surface area contributed by atoms with Gasteiger partial charge in [-0.05, 0) is 38.5 Å². The Bertz CT molecular complexity index is 1220. The highest BCUT2D eigenvalue weighted by Gasteiger charge is 2.11. The summed E-state index contributed by atoms with van der Waals surface area (Å²) in [5, 5.41) is 3.23. The zero-order valence-corrected chi connectivity index (χ0v) is 15.3. The molecule has 0 saturated heterocycles. The van der Waals surface area contributed by atoms with Gasteiger partial charge < -0.3 is 15.3 Å². The number of nitrogens with zero attached hydrogens (tertiary/aromatic N) is 1. The fourth-order valence-electron chi connectivity index (χ4n) is 2.82. The smallest absolute Gasteiger partial charge is 0.316 e. The fourth-order valence-corrected chi connectivity index (χ4v) is 2.82. The van der Waals surface area contributed by atoms with Gasteiger partial charge in [0.2, 0.25) is 0 Å². The molecule has 0 spiro atoms. The third-order valence-corrected chi connectivity index (χ3v) is 4.44. The van der Waals surface area contributed by atoms with E-state index < -0.39 is 22.4 Å². The summed E-state index contributed by atoms with van der Waals surface area (Å²) in [5.74, 6) is 0. The molecule has 1 unspecified atom stereocenters. The molecule has 4 N–H and O–H groups in total. The second kappa shape index (κ2) is 7.20. The van der Waals surface area contributed by atoms with Crippen molar-refractivity contribution in [2.24, 2.45) is 0 Å². The second-order valence-electron chi connectivity index (χ2n) is 6.73. The molecule has 2 aromatic heterocycles. The minimum absolute atomic E-state index is 0.0648. The predicted molar refractivity (Wildman–Crippen MR) is 102 cm³/mol. The van der Waals surface area contributed by atoms with E-state index in [2.05, 4.69) is 20.3 Å². The summed E-state index contributed by atoms with van der Waals surface area (Å²) in [6, 6.07) is 5.11. The van der Waals surface area contributed by atoms with Gasteiger partial charge in [-0.1, -0.05) is 6.07 Å². The van der Waals surface area contributed by atoms with Crippen LogP contribution < -0.4 is 27.7 Å². The Morgan fingerprint density at radius 3 is 2.26 bits per heavy atom. The summed E-state index contributed by atoms with van der Waals surface area (Å²) in [5.41, 5.74) is 0.139. The average Bonchev–Trinajstić information content (AvgIpc) is 2.61. The molecule has 3 aromatic rings. The second-order valence-corrected chi connectivity index (χ2v) is 6.73. The Morgan fingerprint density at radius 2 is 1.59 bits per heavy atom. The van der Waals surface area contributed by atoms with Crippen LogP contribution in [0.25, 0.3) is 11.0 Å². The maximum Gasteiger partial charge on any atom is 0.328 e. The standard InChI is InChI=1S/C18H21N5O4/c1-9(2)23-8-12(15(24)22-18(23)27)7-19-10(3)11-4-5-13-14(6-11)21-17(26)16(25)20-13/h4-6,8-10,19H,7H2,1-3H3,(H,20,25)(H,21,26)(H,22,24,27). The summed E-state index contributed by atoms with van der Waals surface area (Å²) in [4.78, 5) is 54.1. The molecule has 1 atom stereocenters. The van der Waals surface area contributed by atoms with Crippen molar-refractivity contribution in [3.63, 3.8) is 0 Å². The van der Waals surface area contributed by atoms with Crippen LogP contribution in [0.1, 0.15) is 44.0 Å². The summed E-state index contributed by atoms with van der Waals surface area (Å²) in [6.45, 7) is 5.90. The predicted octanol–water partition coefficient (Wildman–Crippen LogP) is 0.498. The summed E-state index contributed by atoms with van der Waals surface area (Å²) in [6.07, 6.45) is 1.56. The maximum absolute atomic E-state index is 12.0. The molecule has 27 heavy (non-hydrogen) atoms. The third-order valence-electron chi connectivity index (χ3n) is 4.44. The first-order valence-corrected chi connectivity index (χ1v) is 8.60. The lowest BCUT2D eigenvalue weighted by Gasteiger charge is -2.16. The van der Waals surface area contributed by atoms with Crippen LogP contribution in [0.2, 0.25) is 0 Å². The lowest BCUT2D eigenvalue weighted by Crippen LogP contribution is -2.34. The molecule has 0 fully saturated rings. The maximum atomic E-state index is 12.0. The molecule has 1 aromatic carbocycles. The van der Waals surface area contributed by atoms with E-state index in [0.29, 0.717) is 16.6 Å². The van der Waals surface area contributed by atoms with Crippen molar-refractivity contribution < 1.29 is 0 Å². The third kappa shape index (κ3) is 3.82. The monoisotopic (exact) mass is 371 g/mol. The van der Waals surface area contributed by atoms with E-state index >= 15 is 0 Å². The van der Waals surface area contributed by atoms with Crippen molar-refractivity contribution in [3.05, 3.63) is 77.1 Å². The molecule has 0 aliphatic carbocycles. The van der Waals surface area contributed by atoms with Crippen LogP contribution >= 0.6 is 0 Å². The Morgan fingerprint density at radius 1 is 0.926 bits per heavy atom. The van der Waals surface area contributed by atoms with E-state index in [0.717, 1.165) is 5.56 Å². The zero-order valence-electron chi connectivity index (χ0n) is 15.3. The Kier molecular flexibility index (Phi) is 4.95. The number of aromatic nitrogens is 4. The molecule has 2 heterocycles. The van der Waals surface area contributed by atoms with Gasteiger partial charge in [-0.25, -0.2) is 4.79 Å². The first kappa shape index (κ1) is 18.6. The SMILES string of the molecule is CC(NCc1cn(C(C)C)c(=O)[nH]c1=O)c1ccc2[nH]c(=O)c(=O)[nH]c2c1. The van der Waals surface area contributed by atoms with Crippen molar-refractivity contribution >= 4 is 11.0 Å². The van der Waals surface area contributed by atoms with Crippen molar-refractivity contribution in [2.45, 2.75) is 39.4 Å². The molecule has 0 saturated carbocycles. The lowest BCUT2D eigenvalue weighted by molar-refractivity contribution is 0.536. The molecule has 0 aliphatic rings. The van der Waals surface area contributed by atoms with Crippen LogP contribution in [0.15, 0.2) is 43.6 Å². The normalized spacial score (nSPS) is 12.6. The topological polar surface area (TPSA) is 133 Å². The summed E-state index contributed by atoms with van der Waals surface area (Å²) in [7, 11) is 0. The van der Waals surface area contributed by atoms with Crippen LogP contribution in [0.3, 0.4) is 0 Å². The Labute approximate surface area is 153 Å². The Hall–Kier alpha value is -3.20. The van der Waals surface area contributed by atoms with Gasteiger partial charge in [0.05, 0.1) is 11.0 Å². The van der Waals surface area contributed by atoms with Crippen molar-refractivity contribution in [2.75, 3.05) is 0 Å². The highest BCUT2D eigenvalue weighted by Crippen LogP contribution is 2.16. The zero-order chi connectivity index (χ0) is 19.7. The van der Waals surface area contributed by atoms with Crippen LogP contribution in [0.5, 0.6) is 0 Å². The van der Waals surface area contributed by atoms with E-state index in [9.17, 15) is 19.2 Å². The van der Waals surface area contributed by atoms with Gasteiger partial charge >= 0.3 is 16.8 Å². The van der Waals surface area contributed by atoms with Gasteiger partial charge in [0.1, 0.15) is 0 Å². The minimum Gasteiger partial charge on any atom is -0.316 e. The highest BCUT2D eigenvalue weighted by molar-refractivity contribution is 5.74. The van der Waals surface area contributed by atoms with Crippen molar-refractivity contribution in [1.82, 2.24) is 24.8 Å². The Balaban J connectivity index is 1.84. The van der Waals surface area contributed by atoms with E-state index in [1.165, 1.54) is 4.57 Å². The molecule has 142 valence electrons. The van der Waals surface area contributed by atoms with Crippen molar-refractivity contribution in [1.29, 1.82) is 0 Å². The molecule has 0 bridgehead atoms. The van der Waals surface area contributed by atoms with Gasteiger partial charge in [0, 0.05) is 30.4 Å². The molecular formula is C18H21N5O4. The number of benzene rings is 1. The fraction of sp³-hybridized carbons (Fsp3) is 0.333. The van der Waals surface area contributed by atoms with E-state index in [1.807, 2.05) is 26.8 Å². The first-order chi connectivity index (χ1) is 12.8. The van der Waals surface area contributed by atoms with Crippen LogP contribution in [0, 0.1) is 0 Å². The van der Waals surface area contributed by atoms with Gasteiger partial charge in [0.15, 0.2) is 0 Å². The van der Waals surface area contributed by atoms with Gasteiger partial charge in [0.25, 0.3) is 5.56 Å². The number of hydrogen-bond acceptors (Lipinski definition) is 5. The number of fused-ring (bicyclic) bond motifs is 1. The van der Waals surface area contributed by atoms with Crippen LogP contribution in [-0.2, 0) is 6.54 Å². The van der Waals surface area contributed by atoms with Gasteiger partial charge in [-0.15, -0.1) is 0 Å². The van der Waals surface area contributed by atoms with E-state index in [4.69, 9.17) is 0 Å². The quantitative estimate of drug-likeness (QED) is 0.485. The van der Waals surface area contributed by atoms with Crippen LogP contribution in [-0.4, -0.2) is 19.5 Å². The van der Waals surface area contributed by atoms with Crippen LogP contribution in [0.4, 0.5) is 0 Å². The van der Waals surface area contributed by atoms with Gasteiger partial charge in [-0.3, -0.25) is 23.9 Å². The largest absolute Gasteiger partial charge is 0.328 e. The average molecular weight is 371 g/mol. The summed E-state index contributed by atoms with van der Waals surface area (Å²) < 4.78 is 1.47. The van der Waals surface area contributed by atoms with Gasteiger partial charge in [-0.2, -0.15) is 0 Å². The van der Waals surface area contributed by atoms with E-state index in [1.54, 1.807) is 18.3 Å². The number of aromatic amines is 3. The number of H-pyrrole nitrogens is 3. The molecule has 0 aliphatic heterocycles. The molecular weight excluding hydrogens is 350 g/mol. The number of rotatable bonds is 5. The molecule has 0 radical (unpaired) electrons. The lowest BCUT2D eigenvalue weighted by atomic mass is 10.1. The van der Waals surface area contributed by atoms with E-state index in [-0.39, 0.29) is 18.6 Å². The number of nitrogens with one attached hydrogen (secondary N) is 4. The minimum atomic E-state index is -0.706. The first-order valence-electron chi connectivity index (χ1n) is 8.60. The van der Waals surface area contributed by atoms with Crippen molar-refractivity contribution in [3.8, 4) is 0 Å². The summed E-state index contributed by atoms with van der Waals surface area (Å²) >= 11 is 0. The molecule has 3 rings (SSSR count). The molecule has 9 nitrogen and oxygen atoms in total. The highest BCUT2D eigenvalue weighted by atomic mass is 16.2.